The summed E-state index contributed by atoms with van der Waals surface area (Å²) in [4.78, 5) is 13.8. The van der Waals surface area contributed by atoms with Crippen LogP contribution in [0.4, 0.5) is 0 Å². The van der Waals surface area contributed by atoms with Gasteiger partial charge in [-0.3, -0.25) is 4.79 Å². The van der Waals surface area contributed by atoms with E-state index in [1.807, 2.05) is 7.05 Å². The second-order valence-corrected chi connectivity index (χ2v) is 4.57. The maximum Gasteiger partial charge on any atom is 0.253 e. The second kappa shape index (κ2) is 4.85. The Hall–Kier alpha value is -1.06. The van der Waals surface area contributed by atoms with Crippen molar-refractivity contribution in [3.8, 4) is 0 Å². The van der Waals surface area contributed by atoms with E-state index in [1.165, 1.54) is 0 Å². The van der Waals surface area contributed by atoms with Crippen molar-refractivity contribution in [1.29, 1.82) is 0 Å². The molecule has 0 saturated carbocycles. The van der Waals surface area contributed by atoms with Gasteiger partial charge in [-0.2, -0.15) is 0 Å². The smallest absolute Gasteiger partial charge is 0.253 e. The molecular weight excluding hydrogens is 224 g/mol. The Balaban J connectivity index is 2.00. The van der Waals surface area contributed by atoms with Crippen LogP contribution < -0.4 is 5.32 Å². The van der Waals surface area contributed by atoms with Crippen LogP contribution in [-0.2, 0) is 0 Å². The van der Waals surface area contributed by atoms with E-state index in [4.69, 9.17) is 11.6 Å². The maximum absolute atomic E-state index is 12.0. The molecule has 1 atom stereocenters. The normalized spacial score (nSPS) is 19.0. The van der Waals surface area contributed by atoms with Crippen LogP contribution in [-0.4, -0.2) is 37.0 Å². The number of carbonyl (C=O) groups is 1. The molecule has 3 nitrogen and oxygen atoms in total. The Kier molecular flexibility index (Phi) is 3.46. The minimum Gasteiger partial charge on any atom is -0.340 e. The summed E-state index contributed by atoms with van der Waals surface area (Å²) in [6.07, 6.45) is 1.15. The van der Waals surface area contributed by atoms with E-state index in [-0.39, 0.29) is 5.91 Å². The highest BCUT2D eigenvalue weighted by molar-refractivity contribution is 6.30. The maximum atomic E-state index is 12.0. The summed E-state index contributed by atoms with van der Waals surface area (Å²) in [5, 5.41) is 3.87. The highest BCUT2D eigenvalue weighted by Gasteiger charge is 2.21. The first-order valence-corrected chi connectivity index (χ1v) is 5.79. The first kappa shape index (κ1) is 11.4. The summed E-state index contributed by atoms with van der Waals surface area (Å²) in [5.74, 6) is 0.0243. The van der Waals surface area contributed by atoms with Gasteiger partial charge in [0.15, 0.2) is 0 Å². The zero-order valence-corrected chi connectivity index (χ0v) is 10.00. The average molecular weight is 239 g/mol. The molecule has 1 heterocycles. The Bertz CT molecular complexity index is 390. The molecule has 4 heteroatoms. The Morgan fingerprint density at radius 1 is 1.62 bits per heavy atom. The van der Waals surface area contributed by atoms with Crippen molar-refractivity contribution in [3.05, 3.63) is 34.9 Å². The van der Waals surface area contributed by atoms with Crippen LogP contribution in [0.3, 0.4) is 0 Å². The van der Waals surface area contributed by atoms with Crippen molar-refractivity contribution >= 4 is 17.5 Å². The standard InChI is InChI=1S/C12H15ClN2O/c1-15(8-11-5-6-14-11)12(16)9-3-2-4-10(13)7-9/h2-4,7,11,14H,5-6,8H2,1H3. The van der Waals surface area contributed by atoms with E-state index in [2.05, 4.69) is 5.32 Å². The Morgan fingerprint density at radius 2 is 2.38 bits per heavy atom. The number of nitrogens with zero attached hydrogens (tertiary/aromatic N) is 1. The molecular formula is C12H15ClN2O. The first-order valence-electron chi connectivity index (χ1n) is 5.41. The number of carbonyl (C=O) groups excluding carboxylic acids is 1. The third-order valence-electron chi connectivity index (χ3n) is 2.84. The molecule has 0 spiro atoms. The highest BCUT2D eigenvalue weighted by Crippen LogP contribution is 2.13. The number of hydrogen-bond acceptors (Lipinski definition) is 2. The van der Waals surface area contributed by atoms with Crippen LogP contribution >= 0.6 is 11.6 Å². The van der Waals surface area contributed by atoms with Gasteiger partial charge in [-0.25, -0.2) is 0 Å². The van der Waals surface area contributed by atoms with Crippen LogP contribution in [0.25, 0.3) is 0 Å². The zero-order valence-electron chi connectivity index (χ0n) is 9.24. The lowest BCUT2D eigenvalue weighted by molar-refractivity contribution is 0.0766. The third kappa shape index (κ3) is 2.54. The number of nitrogens with one attached hydrogen (secondary N) is 1. The zero-order chi connectivity index (χ0) is 11.5. The molecule has 1 aromatic rings. The Morgan fingerprint density at radius 3 is 2.94 bits per heavy atom. The molecule has 2 rings (SSSR count). The molecule has 1 N–H and O–H groups in total. The van der Waals surface area contributed by atoms with Crippen molar-refractivity contribution < 1.29 is 4.79 Å². The summed E-state index contributed by atoms with van der Waals surface area (Å²) in [7, 11) is 1.82. The average Bonchev–Trinajstić information content (AvgIpc) is 2.22. The monoisotopic (exact) mass is 238 g/mol. The number of benzene rings is 1. The van der Waals surface area contributed by atoms with Gasteiger partial charge in [0.25, 0.3) is 5.91 Å². The number of likely N-dealkylation sites (N-methyl/N-ethyl adjacent to an activating group) is 1. The molecule has 1 aliphatic rings. The van der Waals surface area contributed by atoms with Crippen LogP contribution in [0.5, 0.6) is 0 Å². The van der Waals surface area contributed by atoms with Gasteiger partial charge in [0.1, 0.15) is 0 Å². The molecule has 1 aliphatic heterocycles. The summed E-state index contributed by atoms with van der Waals surface area (Å²) < 4.78 is 0. The van der Waals surface area contributed by atoms with E-state index >= 15 is 0 Å². The largest absolute Gasteiger partial charge is 0.340 e. The predicted octanol–water partition coefficient (Wildman–Crippen LogP) is 1.77. The molecule has 1 aromatic carbocycles. The topological polar surface area (TPSA) is 32.3 Å². The molecule has 1 saturated heterocycles. The van der Waals surface area contributed by atoms with Gasteiger partial charge >= 0.3 is 0 Å². The molecule has 1 unspecified atom stereocenters. The van der Waals surface area contributed by atoms with E-state index in [1.54, 1.807) is 29.2 Å². The summed E-state index contributed by atoms with van der Waals surface area (Å²) in [6, 6.07) is 7.51. The summed E-state index contributed by atoms with van der Waals surface area (Å²) in [6.45, 7) is 1.81. The Labute approximate surface area is 100 Å². The molecule has 1 fully saturated rings. The quantitative estimate of drug-likeness (QED) is 0.871. The molecule has 1 amide bonds. The lowest BCUT2D eigenvalue weighted by Gasteiger charge is -2.31. The van der Waals surface area contributed by atoms with Crippen molar-refractivity contribution in [3.63, 3.8) is 0 Å². The van der Waals surface area contributed by atoms with Crippen LogP contribution in [0.2, 0.25) is 5.02 Å². The van der Waals surface area contributed by atoms with Gasteiger partial charge in [0.05, 0.1) is 0 Å². The minimum atomic E-state index is 0.0243. The minimum absolute atomic E-state index is 0.0243. The van der Waals surface area contributed by atoms with Crippen molar-refractivity contribution in [2.75, 3.05) is 20.1 Å². The van der Waals surface area contributed by atoms with Gasteiger partial charge in [-0.1, -0.05) is 17.7 Å². The van der Waals surface area contributed by atoms with Crippen LogP contribution in [0.15, 0.2) is 24.3 Å². The van der Waals surface area contributed by atoms with Crippen molar-refractivity contribution in [2.24, 2.45) is 0 Å². The van der Waals surface area contributed by atoms with Crippen molar-refractivity contribution in [2.45, 2.75) is 12.5 Å². The number of rotatable bonds is 3. The first-order chi connectivity index (χ1) is 7.66. The lowest BCUT2D eigenvalue weighted by Crippen LogP contribution is -2.50. The number of hydrogen-bond donors (Lipinski definition) is 1. The van der Waals surface area contributed by atoms with Gasteiger partial charge < -0.3 is 10.2 Å². The molecule has 86 valence electrons. The van der Waals surface area contributed by atoms with Gasteiger partial charge in [0, 0.05) is 30.2 Å². The fourth-order valence-corrected chi connectivity index (χ4v) is 1.95. The number of halogens is 1. The van der Waals surface area contributed by atoms with Gasteiger partial charge in [-0.05, 0) is 31.2 Å². The highest BCUT2D eigenvalue weighted by atomic mass is 35.5. The molecule has 0 radical (unpaired) electrons. The fraction of sp³-hybridized carbons (Fsp3) is 0.417. The SMILES string of the molecule is CN(CC1CCN1)C(=O)c1cccc(Cl)c1. The molecule has 0 aromatic heterocycles. The van der Waals surface area contributed by atoms with Crippen LogP contribution in [0.1, 0.15) is 16.8 Å². The van der Waals surface area contributed by atoms with Gasteiger partial charge in [-0.15, -0.1) is 0 Å². The lowest BCUT2D eigenvalue weighted by atomic mass is 10.1. The van der Waals surface area contributed by atoms with E-state index < -0.39 is 0 Å². The predicted molar refractivity (Wildman–Crippen MR) is 64.8 cm³/mol. The molecule has 0 aliphatic carbocycles. The fourth-order valence-electron chi connectivity index (χ4n) is 1.76. The number of amides is 1. The molecule has 16 heavy (non-hydrogen) atoms. The van der Waals surface area contributed by atoms with E-state index in [0.717, 1.165) is 19.5 Å². The molecule has 0 bridgehead atoms. The van der Waals surface area contributed by atoms with E-state index in [0.29, 0.717) is 16.6 Å². The third-order valence-corrected chi connectivity index (χ3v) is 3.07. The van der Waals surface area contributed by atoms with Crippen LogP contribution in [0, 0.1) is 0 Å². The summed E-state index contributed by atoms with van der Waals surface area (Å²) in [5.41, 5.74) is 0.648. The van der Waals surface area contributed by atoms with E-state index in [9.17, 15) is 4.79 Å². The van der Waals surface area contributed by atoms with Gasteiger partial charge in [0.2, 0.25) is 0 Å². The summed E-state index contributed by atoms with van der Waals surface area (Å²) >= 11 is 5.85. The second-order valence-electron chi connectivity index (χ2n) is 4.14. The van der Waals surface area contributed by atoms with Crippen molar-refractivity contribution in [1.82, 2.24) is 10.2 Å².